The number of nitro benzene ring substituents is 1. The molecule has 0 amide bonds. The van der Waals surface area contributed by atoms with Crippen molar-refractivity contribution in [2.45, 2.75) is 40.0 Å². The molecule has 1 aromatic carbocycles. The van der Waals surface area contributed by atoms with Crippen molar-refractivity contribution in [1.82, 2.24) is 0 Å². The Bertz CT molecular complexity index is 860. The molecule has 1 aromatic rings. The molecule has 0 spiro atoms. The Balaban J connectivity index is 2.63. The van der Waals surface area contributed by atoms with Crippen molar-refractivity contribution in [1.29, 1.82) is 0 Å². The number of alkyl halides is 3. The standard InChI is InChI=1S/C18H18F3NO6/c1-16(2)13(24)11(14(25)17(3,4)15(16)26)12(23)9-6-5-8(18(19,20)21)7-10(9)22(27)28/h5-7,11,15,26H,1-4H3. The maximum Gasteiger partial charge on any atom is 0.416 e. The second kappa shape index (κ2) is 6.47. The number of carbonyl (C=O) groups excluding carboxylic acids is 3. The van der Waals surface area contributed by atoms with Crippen molar-refractivity contribution in [3.8, 4) is 0 Å². The van der Waals surface area contributed by atoms with Gasteiger partial charge in [0.25, 0.3) is 5.69 Å². The number of hydrogen-bond acceptors (Lipinski definition) is 6. The molecule has 10 heteroatoms. The minimum Gasteiger partial charge on any atom is -0.391 e. The number of benzene rings is 1. The maximum atomic E-state index is 12.9. The molecule has 28 heavy (non-hydrogen) atoms. The van der Waals surface area contributed by atoms with Gasteiger partial charge in [-0.3, -0.25) is 24.5 Å². The van der Waals surface area contributed by atoms with Crippen LogP contribution in [-0.4, -0.2) is 33.5 Å². The van der Waals surface area contributed by atoms with E-state index in [0.717, 1.165) is 0 Å². The van der Waals surface area contributed by atoms with Crippen LogP contribution >= 0.6 is 0 Å². The van der Waals surface area contributed by atoms with E-state index in [1.165, 1.54) is 27.7 Å². The van der Waals surface area contributed by atoms with Gasteiger partial charge in [0.2, 0.25) is 0 Å². The van der Waals surface area contributed by atoms with Gasteiger partial charge in [-0.05, 0) is 12.1 Å². The lowest BCUT2D eigenvalue weighted by atomic mass is 9.56. The van der Waals surface area contributed by atoms with Crippen molar-refractivity contribution in [3.63, 3.8) is 0 Å². The van der Waals surface area contributed by atoms with Crippen LogP contribution in [0.15, 0.2) is 18.2 Å². The molecular weight excluding hydrogens is 383 g/mol. The lowest BCUT2D eigenvalue weighted by molar-refractivity contribution is -0.385. The fraction of sp³-hybridized carbons (Fsp3) is 0.500. The number of aliphatic hydroxyl groups is 1. The van der Waals surface area contributed by atoms with Gasteiger partial charge in [-0.15, -0.1) is 0 Å². The molecule has 7 nitrogen and oxygen atoms in total. The number of hydrogen-bond donors (Lipinski definition) is 1. The summed E-state index contributed by atoms with van der Waals surface area (Å²) >= 11 is 0. The van der Waals surface area contributed by atoms with E-state index in [2.05, 4.69) is 0 Å². The second-order valence-electron chi connectivity index (χ2n) is 7.86. The average Bonchev–Trinajstić information content (AvgIpc) is 2.58. The highest BCUT2D eigenvalue weighted by Crippen LogP contribution is 2.45. The van der Waals surface area contributed by atoms with E-state index in [9.17, 15) is 42.8 Å². The largest absolute Gasteiger partial charge is 0.416 e. The topological polar surface area (TPSA) is 115 Å². The number of ketones is 3. The number of carbonyl (C=O) groups is 3. The fourth-order valence-electron chi connectivity index (χ4n) is 3.50. The molecule has 0 saturated heterocycles. The number of nitrogens with zero attached hydrogens (tertiary/aromatic N) is 1. The third-order valence-corrected chi connectivity index (χ3v) is 5.21. The molecule has 152 valence electrons. The van der Waals surface area contributed by atoms with Gasteiger partial charge in [0, 0.05) is 6.07 Å². The lowest BCUT2D eigenvalue weighted by Crippen LogP contribution is -2.61. The Morgan fingerprint density at radius 1 is 1.11 bits per heavy atom. The van der Waals surface area contributed by atoms with Crippen LogP contribution in [0.4, 0.5) is 18.9 Å². The van der Waals surface area contributed by atoms with Crippen LogP contribution in [0.1, 0.15) is 43.6 Å². The predicted octanol–water partition coefficient (Wildman–Crippen LogP) is 2.98. The Morgan fingerprint density at radius 2 is 1.57 bits per heavy atom. The number of aliphatic hydroxyl groups excluding tert-OH is 1. The van der Waals surface area contributed by atoms with Crippen LogP contribution in [0, 0.1) is 26.9 Å². The molecular formula is C18H18F3NO6. The Kier molecular flexibility index (Phi) is 5.01. The zero-order valence-electron chi connectivity index (χ0n) is 15.5. The molecule has 0 aromatic heterocycles. The molecule has 0 unspecified atom stereocenters. The first-order valence-corrected chi connectivity index (χ1v) is 8.21. The van der Waals surface area contributed by atoms with Crippen molar-refractivity contribution in [3.05, 3.63) is 39.4 Å². The van der Waals surface area contributed by atoms with E-state index in [1.807, 2.05) is 0 Å². The van der Waals surface area contributed by atoms with E-state index in [4.69, 9.17) is 0 Å². The van der Waals surface area contributed by atoms with Gasteiger partial charge in [-0.25, -0.2) is 0 Å². The molecule has 0 atom stereocenters. The quantitative estimate of drug-likeness (QED) is 0.360. The Hall–Kier alpha value is -2.62. The first-order chi connectivity index (χ1) is 12.5. The van der Waals surface area contributed by atoms with Crippen molar-refractivity contribution < 1.29 is 37.6 Å². The summed E-state index contributed by atoms with van der Waals surface area (Å²) in [5.74, 6) is -5.10. The van der Waals surface area contributed by atoms with Gasteiger partial charge in [0.15, 0.2) is 17.3 Å². The zero-order valence-corrected chi connectivity index (χ0v) is 15.5. The predicted molar refractivity (Wildman–Crippen MR) is 89.5 cm³/mol. The number of rotatable bonds is 3. The smallest absolute Gasteiger partial charge is 0.391 e. The summed E-state index contributed by atoms with van der Waals surface area (Å²) in [5.41, 5.74) is -6.29. The fourth-order valence-corrected chi connectivity index (χ4v) is 3.50. The Labute approximate surface area is 157 Å². The lowest BCUT2D eigenvalue weighted by Gasteiger charge is -2.46. The minimum absolute atomic E-state index is 0.191. The van der Waals surface area contributed by atoms with Crippen LogP contribution < -0.4 is 0 Å². The van der Waals surface area contributed by atoms with Crippen LogP contribution in [0.2, 0.25) is 0 Å². The van der Waals surface area contributed by atoms with E-state index in [-0.39, 0.29) is 6.07 Å². The SMILES string of the molecule is CC1(C)C(=O)C(C(=O)c2ccc(C(F)(F)F)cc2[N+](=O)[O-])C(=O)C(C)(C)C1O. The van der Waals surface area contributed by atoms with E-state index in [0.29, 0.717) is 12.1 Å². The molecule has 1 aliphatic rings. The van der Waals surface area contributed by atoms with E-state index in [1.54, 1.807) is 0 Å². The van der Waals surface area contributed by atoms with Gasteiger partial charge in [-0.1, -0.05) is 27.7 Å². The van der Waals surface area contributed by atoms with E-state index < -0.39 is 68.1 Å². The second-order valence-corrected chi connectivity index (χ2v) is 7.86. The number of nitro groups is 1. The van der Waals surface area contributed by atoms with Gasteiger partial charge in [0.05, 0.1) is 33.0 Å². The summed E-state index contributed by atoms with van der Waals surface area (Å²) < 4.78 is 38.5. The van der Waals surface area contributed by atoms with Crippen LogP contribution in [0.25, 0.3) is 0 Å². The monoisotopic (exact) mass is 401 g/mol. The summed E-state index contributed by atoms with van der Waals surface area (Å²) in [4.78, 5) is 48.4. The van der Waals surface area contributed by atoms with Crippen LogP contribution in [0.5, 0.6) is 0 Å². The van der Waals surface area contributed by atoms with Crippen molar-refractivity contribution >= 4 is 23.0 Å². The number of halogens is 3. The first-order valence-electron chi connectivity index (χ1n) is 8.21. The summed E-state index contributed by atoms with van der Waals surface area (Å²) in [6.07, 6.45) is -6.29. The number of Topliss-reactive ketones (excluding diaryl/α,β-unsaturated/α-hetero) is 3. The molecule has 0 bridgehead atoms. The summed E-state index contributed by atoms with van der Waals surface area (Å²) in [6, 6.07) is 1.26. The molecule has 1 N–H and O–H groups in total. The molecule has 0 heterocycles. The highest BCUT2D eigenvalue weighted by molar-refractivity contribution is 6.28. The molecule has 2 rings (SSSR count). The molecule has 0 radical (unpaired) electrons. The third kappa shape index (κ3) is 3.21. The first kappa shape index (κ1) is 21.7. The third-order valence-electron chi connectivity index (χ3n) is 5.21. The normalized spacial score (nSPS) is 24.1. The van der Waals surface area contributed by atoms with Gasteiger partial charge >= 0.3 is 6.18 Å². The molecule has 1 saturated carbocycles. The van der Waals surface area contributed by atoms with Crippen LogP contribution in [0.3, 0.4) is 0 Å². The molecule has 0 aliphatic heterocycles. The van der Waals surface area contributed by atoms with Gasteiger partial charge in [-0.2, -0.15) is 13.2 Å². The maximum absolute atomic E-state index is 12.9. The minimum atomic E-state index is -4.88. The highest BCUT2D eigenvalue weighted by atomic mass is 19.4. The summed E-state index contributed by atoms with van der Waals surface area (Å²) in [5, 5.41) is 21.6. The average molecular weight is 401 g/mol. The van der Waals surface area contributed by atoms with Gasteiger partial charge < -0.3 is 5.11 Å². The zero-order chi connectivity index (χ0) is 21.8. The van der Waals surface area contributed by atoms with E-state index >= 15 is 0 Å². The summed E-state index contributed by atoms with van der Waals surface area (Å²) in [7, 11) is 0. The van der Waals surface area contributed by atoms with Crippen LogP contribution in [-0.2, 0) is 15.8 Å². The van der Waals surface area contributed by atoms with Crippen molar-refractivity contribution in [2.24, 2.45) is 16.7 Å². The summed E-state index contributed by atoms with van der Waals surface area (Å²) in [6.45, 7) is 5.32. The van der Waals surface area contributed by atoms with Gasteiger partial charge in [0.1, 0.15) is 5.92 Å². The molecule has 1 aliphatic carbocycles. The Morgan fingerprint density at radius 3 is 1.96 bits per heavy atom. The molecule has 1 fully saturated rings. The highest BCUT2D eigenvalue weighted by Gasteiger charge is 2.60. The van der Waals surface area contributed by atoms with Crippen molar-refractivity contribution in [2.75, 3.05) is 0 Å².